The molecule has 0 saturated carbocycles. The first-order valence-corrected chi connectivity index (χ1v) is 12.0. The number of nitrogens with zero attached hydrogens (tertiary/aromatic N) is 3. The molecular weight excluding hydrogens is 446 g/mol. The van der Waals surface area contributed by atoms with E-state index >= 15 is 0 Å². The minimum absolute atomic E-state index is 0.0418. The van der Waals surface area contributed by atoms with E-state index in [1.54, 1.807) is 65.8 Å². The number of fused-ring (bicyclic) bond motifs is 1. The van der Waals surface area contributed by atoms with Crippen molar-refractivity contribution in [2.24, 2.45) is 0 Å². The van der Waals surface area contributed by atoms with Gasteiger partial charge in [-0.3, -0.25) is 0 Å². The summed E-state index contributed by atoms with van der Waals surface area (Å²) in [6.45, 7) is 12.1. The van der Waals surface area contributed by atoms with E-state index in [1.165, 1.54) is 12.4 Å². The van der Waals surface area contributed by atoms with E-state index < -0.39 is 33.4 Å². The van der Waals surface area contributed by atoms with Gasteiger partial charge in [0.05, 0.1) is 18.0 Å². The number of hydrazine groups is 1. The zero-order chi connectivity index (χ0) is 24.8. The number of ether oxygens (including phenoxy) is 2. The Morgan fingerprint density at radius 2 is 1.18 bits per heavy atom. The average Bonchev–Trinajstić information content (AvgIpc) is 3.08. The van der Waals surface area contributed by atoms with Crippen molar-refractivity contribution in [1.29, 1.82) is 0 Å². The molecule has 0 unspecified atom stereocenters. The molecule has 9 nitrogen and oxygen atoms in total. The van der Waals surface area contributed by atoms with E-state index in [1.807, 2.05) is 6.92 Å². The van der Waals surface area contributed by atoms with Gasteiger partial charge in [0.1, 0.15) is 11.2 Å². The number of amides is 2. The van der Waals surface area contributed by atoms with Gasteiger partial charge in [-0.25, -0.2) is 32.0 Å². The second kappa shape index (κ2) is 8.40. The second-order valence-corrected chi connectivity index (χ2v) is 11.9. The summed E-state index contributed by atoms with van der Waals surface area (Å²) in [6.07, 6.45) is 1.48. The maximum Gasteiger partial charge on any atom is 0.429 e. The van der Waals surface area contributed by atoms with Crippen LogP contribution < -0.4 is 0 Å². The van der Waals surface area contributed by atoms with E-state index in [9.17, 15) is 18.0 Å². The summed E-state index contributed by atoms with van der Waals surface area (Å²) >= 11 is 0. The smallest absolute Gasteiger partial charge is 0.429 e. The Morgan fingerprint density at radius 1 is 0.788 bits per heavy atom. The van der Waals surface area contributed by atoms with Crippen molar-refractivity contribution in [2.45, 2.75) is 77.7 Å². The Labute approximate surface area is 194 Å². The molecule has 0 N–H and O–H groups in total. The van der Waals surface area contributed by atoms with Crippen LogP contribution >= 0.6 is 0 Å². The third-order valence-electron chi connectivity index (χ3n) is 4.72. The fourth-order valence-corrected chi connectivity index (χ4v) is 4.47. The monoisotopic (exact) mass is 477 g/mol. The molecule has 2 aromatic rings. The van der Waals surface area contributed by atoms with Crippen molar-refractivity contribution < 1.29 is 27.5 Å². The van der Waals surface area contributed by atoms with Gasteiger partial charge in [0, 0.05) is 12.4 Å². The van der Waals surface area contributed by atoms with Gasteiger partial charge in [-0.15, -0.1) is 0 Å². The van der Waals surface area contributed by atoms with Crippen molar-refractivity contribution in [2.75, 3.05) is 0 Å². The zero-order valence-electron chi connectivity index (χ0n) is 20.1. The first-order valence-electron chi connectivity index (χ1n) is 10.6. The topological polar surface area (TPSA) is 98.1 Å². The Balaban J connectivity index is 1.98. The molecule has 2 heterocycles. The number of aryl methyl sites for hydroxylation is 1. The number of hydrogen-bond donors (Lipinski definition) is 0. The lowest BCUT2D eigenvalue weighted by Crippen LogP contribution is -2.53. The van der Waals surface area contributed by atoms with Crippen LogP contribution in [0.2, 0.25) is 0 Å². The molecule has 0 radical (unpaired) electrons. The molecule has 0 aliphatic carbocycles. The number of benzene rings is 1. The van der Waals surface area contributed by atoms with Crippen LogP contribution in [0, 0.1) is 6.92 Å². The van der Waals surface area contributed by atoms with Crippen LogP contribution in [0.5, 0.6) is 0 Å². The van der Waals surface area contributed by atoms with E-state index in [-0.39, 0.29) is 18.0 Å². The summed E-state index contributed by atoms with van der Waals surface area (Å²) in [5.74, 6) is 0. The van der Waals surface area contributed by atoms with Gasteiger partial charge in [-0.05, 0) is 71.7 Å². The maximum atomic E-state index is 13.1. The number of aromatic nitrogens is 1. The van der Waals surface area contributed by atoms with Crippen molar-refractivity contribution in [3.05, 3.63) is 53.3 Å². The van der Waals surface area contributed by atoms with Gasteiger partial charge in [0.25, 0.3) is 10.0 Å². The lowest BCUT2D eigenvalue weighted by Gasteiger charge is -2.39. The number of carbonyl (C=O) groups excluding carboxylic acids is 2. The van der Waals surface area contributed by atoms with Gasteiger partial charge in [-0.2, -0.15) is 0 Å². The third kappa shape index (κ3) is 5.68. The molecule has 3 rings (SSSR count). The summed E-state index contributed by atoms with van der Waals surface area (Å²) in [4.78, 5) is 25.9. The summed E-state index contributed by atoms with van der Waals surface area (Å²) in [5.41, 5.74) is 0.574. The highest BCUT2D eigenvalue weighted by Crippen LogP contribution is 2.29. The minimum atomic E-state index is -3.84. The summed E-state index contributed by atoms with van der Waals surface area (Å²) in [5, 5.41) is 2.29. The van der Waals surface area contributed by atoms with Gasteiger partial charge in [0.15, 0.2) is 0 Å². The van der Waals surface area contributed by atoms with Crippen LogP contribution in [-0.4, -0.2) is 45.8 Å². The van der Waals surface area contributed by atoms with Crippen LogP contribution in [-0.2, 0) is 32.6 Å². The summed E-state index contributed by atoms with van der Waals surface area (Å²) in [7, 11) is -3.84. The van der Waals surface area contributed by atoms with Crippen LogP contribution in [0.3, 0.4) is 0 Å². The van der Waals surface area contributed by atoms with E-state index in [2.05, 4.69) is 0 Å². The molecule has 0 atom stereocenters. The minimum Gasteiger partial charge on any atom is -0.442 e. The molecule has 0 bridgehead atoms. The molecular formula is C23H31N3O6S. The molecule has 2 amide bonds. The summed E-state index contributed by atoms with van der Waals surface area (Å²) in [6, 6.07) is 6.54. The molecule has 0 saturated heterocycles. The fourth-order valence-electron chi connectivity index (χ4n) is 3.21. The molecule has 0 spiro atoms. The first-order chi connectivity index (χ1) is 15.1. The lowest BCUT2D eigenvalue weighted by atomic mass is 10.1. The normalized spacial score (nSPS) is 14.6. The second-order valence-electron chi connectivity index (χ2n) is 10.0. The van der Waals surface area contributed by atoms with Crippen LogP contribution in [0.1, 0.15) is 58.2 Å². The highest BCUT2D eigenvalue weighted by molar-refractivity contribution is 7.90. The molecule has 10 heteroatoms. The molecule has 0 fully saturated rings. The van der Waals surface area contributed by atoms with Gasteiger partial charge >= 0.3 is 12.2 Å². The summed E-state index contributed by atoms with van der Waals surface area (Å²) < 4.78 is 38.3. The Bertz CT molecular complexity index is 1100. The quantitative estimate of drug-likeness (QED) is 0.634. The van der Waals surface area contributed by atoms with Crippen molar-refractivity contribution >= 4 is 22.2 Å². The molecule has 1 aromatic carbocycles. The fraction of sp³-hybridized carbons (Fsp3) is 0.478. The van der Waals surface area contributed by atoms with Gasteiger partial charge in [-0.1, -0.05) is 17.7 Å². The third-order valence-corrected chi connectivity index (χ3v) is 6.35. The first kappa shape index (κ1) is 24.6. The highest BCUT2D eigenvalue weighted by Gasteiger charge is 2.38. The molecule has 1 aliphatic rings. The molecule has 180 valence electrons. The van der Waals surface area contributed by atoms with Gasteiger partial charge in [0.2, 0.25) is 0 Å². The van der Waals surface area contributed by atoms with Crippen LogP contribution in [0.15, 0.2) is 41.6 Å². The Kier molecular flexibility index (Phi) is 6.27. The standard InChI is InChI=1S/C23H31N3O6S/c1-16-8-10-19(11-9-16)33(29,30)24-12-17-14-25(20(27)31-22(2,3)4)26(15-18(17)13-24)21(28)32-23(5,6)7/h8-13H,14-15H2,1-7H3. The SMILES string of the molecule is Cc1ccc(S(=O)(=O)n2cc3c(c2)CN(C(=O)OC(C)(C)C)N(C(=O)OC(C)(C)C)C3)cc1. The predicted molar refractivity (Wildman–Crippen MR) is 122 cm³/mol. The Hall–Kier alpha value is -3.01. The average molecular weight is 478 g/mol. The number of hydrogen-bond acceptors (Lipinski definition) is 6. The van der Waals surface area contributed by atoms with E-state index in [0.29, 0.717) is 11.1 Å². The Morgan fingerprint density at radius 3 is 1.55 bits per heavy atom. The maximum absolute atomic E-state index is 13.1. The lowest BCUT2D eigenvalue weighted by molar-refractivity contribution is -0.0749. The highest BCUT2D eigenvalue weighted by atomic mass is 32.2. The molecule has 1 aliphatic heterocycles. The predicted octanol–water partition coefficient (Wildman–Crippen LogP) is 4.44. The van der Waals surface area contributed by atoms with Gasteiger partial charge < -0.3 is 9.47 Å². The zero-order valence-corrected chi connectivity index (χ0v) is 20.9. The van der Waals surface area contributed by atoms with Crippen molar-refractivity contribution in [1.82, 2.24) is 14.0 Å². The molecule has 1 aromatic heterocycles. The van der Waals surface area contributed by atoms with E-state index in [4.69, 9.17) is 9.47 Å². The van der Waals surface area contributed by atoms with Crippen molar-refractivity contribution in [3.8, 4) is 0 Å². The van der Waals surface area contributed by atoms with Crippen LogP contribution in [0.4, 0.5) is 9.59 Å². The number of rotatable bonds is 2. The molecule has 33 heavy (non-hydrogen) atoms. The van der Waals surface area contributed by atoms with E-state index in [0.717, 1.165) is 19.6 Å². The van der Waals surface area contributed by atoms with Crippen LogP contribution in [0.25, 0.3) is 0 Å². The van der Waals surface area contributed by atoms with Crippen molar-refractivity contribution in [3.63, 3.8) is 0 Å². The number of carbonyl (C=O) groups is 2. The largest absolute Gasteiger partial charge is 0.442 e.